The normalized spacial score (nSPS) is 26.6. The van der Waals surface area contributed by atoms with E-state index in [9.17, 15) is 9.90 Å². The summed E-state index contributed by atoms with van der Waals surface area (Å²) < 4.78 is 0. The van der Waals surface area contributed by atoms with Gasteiger partial charge in [-0.2, -0.15) is 0 Å². The van der Waals surface area contributed by atoms with Gasteiger partial charge in [-0.15, -0.1) is 0 Å². The van der Waals surface area contributed by atoms with Gasteiger partial charge < -0.3 is 15.1 Å². The molecule has 1 heterocycles. The second-order valence-corrected chi connectivity index (χ2v) is 4.91. The van der Waals surface area contributed by atoms with Gasteiger partial charge in [0.2, 0.25) is 5.91 Å². The number of aliphatic hydroxyl groups is 2. The minimum absolute atomic E-state index is 0.155. The zero-order valence-electron chi connectivity index (χ0n) is 10.1. The van der Waals surface area contributed by atoms with Crippen LogP contribution in [0.4, 0.5) is 0 Å². The molecule has 0 aromatic carbocycles. The van der Waals surface area contributed by atoms with E-state index in [2.05, 4.69) is 0 Å². The minimum Gasteiger partial charge on any atom is -0.396 e. The summed E-state index contributed by atoms with van der Waals surface area (Å²) in [4.78, 5) is 13.6. The van der Waals surface area contributed by atoms with E-state index in [1.165, 1.54) is 0 Å². The fraction of sp³-hybridized carbons (Fsp3) is 0.917. The maximum absolute atomic E-state index is 11.8. The number of hydrogen-bond donors (Lipinski definition) is 2. The Bertz CT molecular complexity index is 228. The fourth-order valence-corrected chi connectivity index (χ4v) is 2.06. The van der Waals surface area contributed by atoms with Crippen molar-refractivity contribution in [2.45, 2.75) is 51.0 Å². The lowest BCUT2D eigenvalue weighted by atomic mass is 9.98. The summed E-state index contributed by atoms with van der Waals surface area (Å²) >= 11 is 0. The van der Waals surface area contributed by atoms with Gasteiger partial charge in [-0.25, -0.2) is 0 Å². The van der Waals surface area contributed by atoms with Crippen LogP contribution in [0.2, 0.25) is 0 Å². The maximum atomic E-state index is 11.8. The van der Waals surface area contributed by atoms with Crippen molar-refractivity contribution in [3.8, 4) is 0 Å². The third-order valence-electron chi connectivity index (χ3n) is 3.22. The van der Waals surface area contributed by atoms with Gasteiger partial charge in [0, 0.05) is 26.1 Å². The molecular formula is C12H23NO3. The Morgan fingerprint density at radius 3 is 2.75 bits per heavy atom. The molecule has 1 aliphatic rings. The minimum atomic E-state index is -0.611. The number of rotatable bonds is 4. The quantitative estimate of drug-likeness (QED) is 0.704. The van der Waals surface area contributed by atoms with Crippen molar-refractivity contribution in [3.63, 3.8) is 0 Å². The lowest BCUT2D eigenvalue weighted by molar-refractivity contribution is -0.131. The van der Waals surface area contributed by atoms with Gasteiger partial charge in [0.1, 0.15) is 0 Å². The second-order valence-electron chi connectivity index (χ2n) is 4.91. The molecule has 0 aromatic rings. The van der Waals surface area contributed by atoms with Crippen LogP contribution in [0.1, 0.15) is 45.4 Å². The highest BCUT2D eigenvalue weighted by atomic mass is 16.3. The molecule has 0 spiro atoms. The van der Waals surface area contributed by atoms with E-state index >= 15 is 0 Å². The van der Waals surface area contributed by atoms with Gasteiger partial charge >= 0.3 is 0 Å². The summed E-state index contributed by atoms with van der Waals surface area (Å²) in [7, 11) is 0. The van der Waals surface area contributed by atoms with Crippen molar-refractivity contribution < 1.29 is 15.0 Å². The fourth-order valence-electron chi connectivity index (χ4n) is 2.06. The zero-order chi connectivity index (χ0) is 12.0. The number of nitrogens with zero attached hydrogens (tertiary/aromatic N) is 1. The highest BCUT2D eigenvalue weighted by molar-refractivity contribution is 5.76. The summed E-state index contributed by atoms with van der Waals surface area (Å²) in [5.41, 5.74) is -0.611. The molecule has 1 rings (SSSR count). The topological polar surface area (TPSA) is 60.8 Å². The largest absolute Gasteiger partial charge is 0.396 e. The molecule has 2 N–H and O–H groups in total. The van der Waals surface area contributed by atoms with E-state index < -0.39 is 5.60 Å². The summed E-state index contributed by atoms with van der Waals surface area (Å²) in [5, 5.41) is 18.5. The standard InChI is InChI=1S/C12H23NO3/c1-12(16)6-4-8-13(9-7-12)11(15)5-2-3-10-14/h14,16H,2-10H2,1H3. The molecule has 1 unspecified atom stereocenters. The van der Waals surface area contributed by atoms with Crippen molar-refractivity contribution in [2.24, 2.45) is 0 Å². The van der Waals surface area contributed by atoms with Crippen LogP contribution in [0.3, 0.4) is 0 Å². The summed E-state index contributed by atoms with van der Waals surface area (Å²) in [6.07, 6.45) is 4.27. The summed E-state index contributed by atoms with van der Waals surface area (Å²) in [6.45, 7) is 3.41. The van der Waals surface area contributed by atoms with Crippen LogP contribution in [0, 0.1) is 0 Å². The van der Waals surface area contributed by atoms with Crippen LogP contribution in [-0.2, 0) is 4.79 Å². The number of aliphatic hydroxyl groups excluding tert-OH is 1. The number of unbranched alkanes of at least 4 members (excludes halogenated alkanes) is 1. The van der Waals surface area contributed by atoms with Crippen molar-refractivity contribution in [3.05, 3.63) is 0 Å². The van der Waals surface area contributed by atoms with Gasteiger partial charge in [-0.05, 0) is 39.0 Å². The van der Waals surface area contributed by atoms with E-state index in [-0.39, 0.29) is 12.5 Å². The van der Waals surface area contributed by atoms with Crippen LogP contribution >= 0.6 is 0 Å². The van der Waals surface area contributed by atoms with E-state index in [1.807, 2.05) is 11.8 Å². The highest BCUT2D eigenvalue weighted by Crippen LogP contribution is 2.21. The smallest absolute Gasteiger partial charge is 0.222 e. The number of hydrogen-bond acceptors (Lipinski definition) is 3. The molecule has 0 radical (unpaired) electrons. The Kier molecular flexibility index (Phi) is 5.22. The van der Waals surface area contributed by atoms with Gasteiger partial charge in [-0.3, -0.25) is 4.79 Å². The Hall–Kier alpha value is -0.610. The maximum Gasteiger partial charge on any atom is 0.222 e. The molecule has 1 saturated heterocycles. The molecule has 16 heavy (non-hydrogen) atoms. The van der Waals surface area contributed by atoms with Crippen LogP contribution < -0.4 is 0 Å². The predicted molar refractivity (Wildman–Crippen MR) is 62.0 cm³/mol. The Morgan fingerprint density at radius 2 is 2.06 bits per heavy atom. The van der Waals surface area contributed by atoms with E-state index in [1.54, 1.807) is 0 Å². The van der Waals surface area contributed by atoms with Crippen molar-refractivity contribution in [1.82, 2.24) is 4.90 Å². The number of amides is 1. The van der Waals surface area contributed by atoms with Crippen LogP contribution in [0.15, 0.2) is 0 Å². The predicted octanol–water partition coefficient (Wildman–Crippen LogP) is 0.912. The molecule has 1 atom stereocenters. The molecule has 0 aromatic heterocycles. The van der Waals surface area contributed by atoms with Crippen LogP contribution in [0.5, 0.6) is 0 Å². The average molecular weight is 229 g/mol. The molecule has 1 amide bonds. The van der Waals surface area contributed by atoms with E-state index in [4.69, 9.17) is 5.11 Å². The van der Waals surface area contributed by atoms with E-state index in [0.717, 1.165) is 25.8 Å². The van der Waals surface area contributed by atoms with Crippen molar-refractivity contribution in [1.29, 1.82) is 0 Å². The van der Waals surface area contributed by atoms with Gasteiger partial charge in [0.15, 0.2) is 0 Å². The van der Waals surface area contributed by atoms with Gasteiger partial charge in [0.25, 0.3) is 0 Å². The van der Waals surface area contributed by atoms with Crippen molar-refractivity contribution >= 4 is 5.91 Å². The molecule has 0 saturated carbocycles. The molecular weight excluding hydrogens is 206 g/mol. The number of carbonyl (C=O) groups excluding carboxylic acids is 1. The lowest BCUT2D eigenvalue weighted by Crippen LogP contribution is -2.33. The lowest BCUT2D eigenvalue weighted by Gasteiger charge is -2.22. The Balaban J connectivity index is 2.33. The summed E-state index contributed by atoms with van der Waals surface area (Å²) in [6, 6.07) is 0. The van der Waals surface area contributed by atoms with Gasteiger partial charge in [0.05, 0.1) is 5.60 Å². The first-order valence-corrected chi connectivity index (χ1v) is 6.16. The third-order valence-corrected chi connectivity index (χ3v) is 3.22. The number of carbonyl (C=O) groups is 1. The molecule has 1 fully saturated rings. The molecule has 0 bridgehead atoms. The molecule has 94 valence electrons. The van der Waals surface area contributed by atoms with Gasteiger partial charge in [-0.1, -0.05) is 0 Å². The van der Waals surface area contributed by atoms with Crippen LogP contribution in [0.25, 0.3) is 0 Å². The molecule has 4 nitrogen and oxygen atoms in total. The molecule has 4 heteroatoms. The third kappa shape index (κ3) is 4.49. The van der Waals surface area contributed by atoms with E-state index in [0.29, 0.717) is 25.8 Å². The number of likely N-dealkylation sites (tertiary alicyclic amines) is 1. The highest BCUT2D eigenvalue weighted by Gasteiger charge is 2.26. The monoisotopic (exact) mass is 229 g/mol. The molecule has 0 aliphatic carbocycles. The summed E-state index contributed by atoms with van der Waals surface area (Å²) in [5.74, 6) is 0.158. The second kappa shape index (κ2) is 6.21. The SMILES string of the molecule is CC1(O)CCCN(C(=O)CCCCO)CC1. The Labute approximate surface area is 97.3 Å². The first-order chi connectivity index (χ1) is 7.55. The van der Waals surface area contributed by atoms with Crippen LogP contribution in [-0.4, -0.2) is 46.3 Å². The zero-order valence-corrected chi connectivity index (χ0v) is 10.1. The molecule has 1 aliphatic heterocycles. The van der Waals surface area contributed by atoms with Crippen molar-refractivity contribution in [2.75, 3.05) is 19.7 Å². The Morgan fingerprint density at radius 1 is 1.31 bits per heavy atom. The first kappa shape index (κ1) is 13.5. The first-order valence-electron chi connectivity index (χ1n) is 6.16. The average Bonchev–Trinajstić information content (AvgIpc) is 2.39.